The lowest BCUT2D eigenvalue weighted by molar-refractivity contribution is 0.103. The van der Waals surface area contributed by atoms with Crippen molar-refractivity contribution in [3.63, 3.8) is 0 Å². The minimum atomic E-state index is -3.25. The summed E-state index contributed by atoms with van der Waals surface area (Å²) >= 11 is 1.33. The highest BCUT2D eigenvalue weighted by Crippen LogP contribution is 2.28. The minimum Gasteiger partial charge on any atom is -0.321 e. The lowest BCUT2D eigenvalue weighted by atomic mass is 10.2. The van der Waals surface area contributed by atoms with Crippen molar-refractivity contribution in [1.82, 2.24) is 4.98 Å². The maximum Gasteiger partial charge on any atom is 0.267 e. The molecule has 1 N–H and O–H groups in total. The first-order valence-corrected chi connectivity index (χ1v) is 10.2. The Bertz CT molecular complexity index is 1010. The average molecular weight is 372 g/mol. The fourth-order valence-corrected chi connectivity index (χ4v) is 3.88. The Kier molecular flexibility index (Phi) is 4.69. The molecular formula is C18H16N2O3S2. The Balaban J connectivity index is 1.81. The number of thiazole rings is 1. The number of amides is 1. The molecule has 1 heterocycles. The molecule has 128 valence electrons. The zero-order valence-electron chi connectivity index (χ0n) is 13.7. The number of benzene rings is 2. The van der Waals surface area contributed by atoms with E-state index >= 15 is 0 Å². The highest BCUT2D eigenvalue weighted by atomic mass is 32.2. The molecule has 2 aromatic carbocycles. The molecular weight excluding hydrogens is 356 g/mol. The number of aryl methyl sites for hydroxylation is 1. The number of carbonyl (C=O) groups excluding carboxylic acids is 1. The fourth-order valence-electron chi connectivity index (χ4n) is 2.28. The van der Waals surface area contributed by atoms with E-state index in [2.05, 4.69) is 10.3 Å². The van der Waals surface area contributed by atoms with Crippen LogP contribution in [0.3, 0.4) is 0 Å². The summed E-state index contributed by atoms with van der Waals surface area (Å²) in [7, 11) is -3.25. The zero-order chi connectivity index (χ0) is 18.0. The first-order valence-electron chi connectivity index (χ1n) is 7.49. The van der Waals surface area contributed by atoms with Gasteiger partial charge in [-0.1, -0.05) is 30.3 Å². The van der Waals surface area contributed by atoms with Gasteiger partial charge in [-0.15, -0.1) is 11.3 Å². The van der Waals surface area contributed by atoms with Crippen LogP contribution in [-0.2, 0) is 9.84 Å². The number of aromatic nitrogens is 1. The molecule has 0 saturated heterocycles. The van der Waals surface area contributed by atoms with Crippen molar-refractivity contribution >= 4 is 32.8 Å². The molecule has 3 rings (SSSR count). The molecule has 0 fully saturated rings. The molecule has 25 heavy (non-hydrogen) atoms. The summed E-state index contributed by atoms with van der Waals surface area (Å²) < 4.78 is 23.0. The van der Waals surface area contributed by atoms with E-state index in [0.717, 1.165) is 16.8 Å². The lowest BCUT2D eigenvalue weighted by Gasteiger charge is -2.05. The van der Waals surface area contributed by atoms with Crippen LogP contribution in [-0.4, -0.2) is 25.6 Å². The second kappa shape index (κ2) is 6.78. The van der Waals surface area contributed by atoms with Gasteiger partial charge in [-0.2, -0.15) is 0 Å². The van der Waals surface area contributed by atoms with Crippen molar-refractivity contribution in [2.45, 2.75) is 11.8 Å². The van der Waals surface area contributed by atoms with Crippen LogP contribution < -0.4 is 5.32 Å². The highest BCUT2D eigenvalue weighted by Gasteiger charge is 2.16. The summed E-state index contributed by atoms with van der Waals surface area (Å²) in [5, 5.41) is 3.57. The van der Waals surface area contributed by atoms with E-state index in [4.69, 9.17) is 0 Å². The van der Waals surface area contributed by atoms with Crippen LogP contribution in [0, 0.1) is 6.92 Å². The van der Waals surface area contributed by atoms with Gasteiger partial charge in [0.05, 0.1) is 10.6 Å². The topological polar surface area (TPSA) is 76.1 Å². The second-order valence-electron chi connectivity index (χ2n) is 5.55. The molecule has 0 aliphatic rings. The van der Waals surface area contributed by atoms with Gasteiger partial charge in [-0.3, -0.25) is 4.79 Å². The van der Waals surface area contributed by atoms with Crippen LogP contribution in [0.4, 0.5) is 5.69 Å². The fraction of sp³-hybridized carbons (Fsp3) is 0.111. The van der Waals surface area contributed by atoms with Crippen molar-refractivity contribution in [3.05, 3.63) is 65.2 Å². The number of rotatable bonds is 4. The van der Waals surface area contributed by atoms with Gasteiger partial charge < -0.3 is 5.32 Å². The standard InChI is InChI=1S/C18H16N2O3S2/c1-12-16(24-18(19-12)13-6-4-3-5-7-13)17(21)20-14-8-10-15(11-9-14)25(2,22)23/h3-11H,1-2H3,(H,20,21). The Labute approximate surface area is 150 Å². The van der Waals surface area contributed by atoms with E-state index in [1.807, 2.05) is 30.3 Å². The zero-order valence-corrected chi connectivity index (χ0v) is 15.3. The Morgan fingerprint density at radius 1 is 1.04 bits per heavy atom. The normalized spacial score (nSPS) is 11.3. The molecule has 1 amide bonds. The van der Waals surface area contributed by atoms with E-state index in [-0.39, 0.29) is 10.8 Å². The van der Waals surface area contributed by atoms with Gasteiger partial charge in [-0.05, 0) is 31.2 Å². The van der Waals surface area contributed by atoms with E-state index in [1.165, 1.54) is 23.5 Å². The number of nitrogens with one attached hydrogen (secondary N) is 1. The van der Waals surface area contributed by atoms with E-state index in [1.54, 1.807) is 19.1 Å². The van der Waals surface area contributed by atoms with Gasteiger partial charge in [0.15, 0.2) is 9.84 Å². The number of anilines is 1. The molecule has 7 heteroatoms. The molecule has 0 spiro atoms. The van der Waals surface area contributed by atoms with E-state index in [9.17, 15) is 13.2 Å². The smallest absolute Gasteiger partial charge is 0.267 e. The number of nitrogens with zero attached hydrogens (tertiary/aromatic N) is 1. The molecule has 3 aromatic rings. The second-order valence-corrected chi connectivity index (χ2v) is 8.57. The maximum absolute atomic E-state index is 12.5. The SMILES string of the molecule is Cc1nc(-c2ccccc2)sc1C(=O)Nc1ccc(S(C)(=O)=O)cc1. The minimum absolute atomic E-state index is 0.214. The van der Waals surface area contributed by atoms with Crippen molar-refractivity contribution in [2.24, 2.45) is 0 Å². The third kappa shape index (κ3) is 3.94. The van der Waals surface area contributed by atoms with Crippen LogP contribution in [0.5, 0.6) is 0 Å². The van der Waals surface area contributed by atoms with Crippen LogP contribution in [0.2, 0.25) is 0 Å². The Morgan fingerprint density at radius 2 is 1.68 bits per heavy atom. The third-order valence-corrected chi connectivity index (χ3v) is 5.90. The average Bonchev–Trinajstić information content (AvgIpc) is 2.97. The summed E-state index contributed by atoms with van der Waals surface area (Å²) in [6.45, 7) is 1.80. The van der Waals surface area contributed by atoms with Crippen LogP contribution in [0.1, 0.15) is 15.4 Å². The highest BCUT2D eigenvalue weighted by molar-refractivity contribution is 7.90. The number of carbonyl (C=O) groups is 1. The predicted molar refractivity (Wildman–Crippen MR) is 99.8 cm³/mol. The largest absolute Gasteiger partial charge is 0.321 e. The van der Waals surface area contributed by atoms with Gasteiger partial charge in [0.1, 0.15) is 9.88 Å². The first kappa shape index (κ1) is 17.3. The number of sulfone groups is 1. The van der Waals surface area contributed by atoms with Crippen molar-refractivity contribution < 1.29 is 13.2 Å². The third-order valence-electron chi connectivity index (χ3n) is 3.56. The van der Waals surface area contributed by atoms with Gasteiger partial charge in [-0.25, -0.2) is 13.4 Å². The van der Waals surface area contributed by atoms with Crippen LogP contribution in [0.25, 0.3) is 10.6 Å². The van der Waals surface area contributed by atoms with Crippen LogP contribution in [0.15, 0.2) is 59.5 Å². The van der Waals surface area contributed by atoms with E-state index in [0.29, 0.717) is 16.3 Å². The molecule has 0 atom stereocenters. The summed E-state index contributed by atoms with van der Waals surface area (Å²) in [6.07, 6.45) is 1.15. The van der Waals surface area contributed by atoms with E-state index < -0.39 is 9.84 Å². The predicted octanol–water partition coefficient (Wildman–Crippen LogP) is 3.77. The number of hydrogen-bond acceptors (Lipinski definition) is 5. The Morgan fingerprint density at radius 3 is 2.28 bits per heavy atom. The molecule has 0 aliphatic heterocycles. The van der Waals surface area contributed by atoms with Gasteiger partial charge >= 0.3 is 0 Å². The summed E-state index contributed by atoms with van der Waals surface area (Å²) in [6, 6.07) is 15.8. The molecule has 0 unspecified atom stereocenters. The monoisotopic (exact) mass is 372 g/mol. The van der Waals surface area contributed by atoms with Crippen molar-refractivity contribution in [2.75, 3.05) is 11.6 Å². The summed E-state index contributed by atoms with van der Waals surface area (Å²) in [5.41, 5.74) is 2.16. The molecule has 1 aromatic heterocycles. The molecule has 5 nitrogen and oxygen atoms in total. The summed E-state index contributed by atoms with van der Waals surface area (Å²) in [5.74, 6) is -0.260. The van der Waals surface area contributed by atoms with Crippen molar-refractivity contribution in [3.8, 4) is 10.6 Å². The van der Waals surface area contributed by atoms with Gasteiger partial charge in [0.25, 0.3) is 5.91 Å². The molecule has 0 saturated carbocycles. The molecule has 0 bridgehead atoms. The first-order chi connectivity index (χ1) is 11.8. The lowest BCUT2D eigenvalue weighted by Crippen LogP contribution is -2.11. The number of hydrogen-bond donors (Lipinski definition) is 1. The summed E-state index contributed by atoms with van der Waals surface area (Å²) in [4.78, 5) is 17.7. The van der Waals surface area contributed by atoms with Crippen LogP contribution >= 0.6 is 11.3 Å². The van der Waals surface area contributed by atoms with Gasteiger partial charge in [0, 0.05) is 17.5 Å². The quantitative estimate of drug-likeness (QED) is 0.756. The molecule has 0 radical (unpaired) electrons. The van der Waals surface area contributed by atoms with Gasteiger partial charge in [0.2, 0.25) is 0 Å². The molecule has 0 aliphatic carbocycles. The maximum atomic E-state index is 12.5. The Hall–Kier alpha value is -2.51. The van der Waals surface area contributed by atoms with Crippen molar-refractivity contribution in [1.29, 1.82) is 0 Å².